The Kier molecular flexibility index (Phi) is 2.74. The number of aryl methyl sites for hydroxylation is 1. The molecule has 0 spiro atoms. The highest BCUT2D eigenvalue weighted by Crippen LogP contribution is 2.38. The van der Waals surface area contributed by atoms with Gasteiger partial charge in [-0.3, -0.25) is 0 Å². The van der Waals surface area contributed by atoms with Gasteiger partial charge in [-0.2, -0.15) is 0 Å². The van der Waals surface area contributed by atoms with E-state index in [4.69, 9.17) is 0 Å². The molecule has 0 aromatic heterocycles. The van der Waals surface area contributed by atoms with E-state index >= 15 is 0 Å². The molecule has 0 radical (unpaired) electrons. The molecule has 0 amide bonds. The summed E-state index contributed by atoms with van der Waals surface area (Å²) in [6, 6.07) is 4.73. The maximum atomic E-state index is 14.5. The molecular weight excluding hydrogens is 196 g/mol. The zero-order chi connectivity index (χ0) is 10.9. The molecule has 0 bridgehead atoms. The summed E-state index contributed by atoms with van der Waals surface area (Å²) in [7, 11) is 0. The van der Waals surface area contributed by atoms with Crippen molar-refractivity contribution in [3.63, 3.8) is 0 Å². The molecule has 1 aliphatic heterocycles. The van der Waals surface area contributed by atoms with E-state index in [1.54, 1.807) is 19.1 Å². The molecule has 2 rings (SSSR count). The van der Waals surface area contributed by atoms with Crippen molar-refractivity contribution in [1.82, 2.24) is 5.32 Å². The molecule has 1 fully saturated rings. The van der Waals surface area contributed by atoms with Crippen LogP contribution in [0, 0.1) is 12.7 Å². The summed E-state index contributed by atoms with van der Waals surface area (Å²) in [4.78, 5) is 0. The Labute approximate surface area is 88.5 Å². The first-order chi connectivity index (χ1) is 7.13. The fraction of sp³-hybridized carbons (Fsp3) is 0.500. The highest BCUT2D eigenvalue weighted by atomic mass is 19.1. The molecular formula is C12H15F2N. The molecule has 1 aromatic carbocycles. The predicted molar refractivity (Wildman–Crippen MR) is 56.0 cm³/mol. The van der Waals surface area contributed by atoms with Crippen LogP contribution in [0.15, 0.2) is 18.2 Å². The summed E-state index contributed by atoms with van der Waals surface area (Å²) in [6.45, 7) is 3.00. The molecule has 0 aliphatic carbocycles. The average molecular weight is 211 g/mol. The van der Waals surface area contributed by atoms with Crippen molar-refractivity contribution in [3.05, 3.63) is 35.1 Å². The third-order valence-corrected chi connectivity index (χ3v) is 3.07. The number of hydrogen-bond acceptors (Lipinski definition) is 1. The Bertz CT molecular complexity index is 336. The van der Waals surface area contributed by atoms with Crippen molar-refractivity contribution < 1.29 is 8.78 Å². The second-order valence-corrected chi connectivity index (χ2v) is 4.15. The molecule has 1 heterocycles. The second kappa shape index (κ2) is 3.89. The van der Waals surface area contributed by atoms with Gasteiger partial charge in [0.15, 0.2) is 0 Å². The fourth-order valence-electron chi connectivity index (χ4n) is 2.27. The first-order valence-corrected chi connectivity index (χ1v) is 5.29. The van der Waals surface area contributed by atoms with Crippen LogP contribution in [0.5, 0.6) is 0 Å². The Morgan fingerprint density at radius 3 is 2.53 bits per heavy atom. The van der Waals surface area contributed by atoms with Gasteiger partial charge in [-0.25, -0.2) is 8.78 Å². The lowest BCUT2D eigenvalue weighted by Crippen LogP contribution is -2.37. The van der Waals surface area contributed by atoms with E-state index in [0.717, 1.165) is 0 Å². The molecule has 82 valence electrons. The third-order valence-electron chi connectivity index (χ3n) is 3.07. The minimum atomic E-state index is -1.49. The highest BCUT2D eigenvalue weighted by Gasteiger charge is 2.37. The van der Waals surface area contributed by atoms with Crippen LogP contribution in [0.4, 0.5) is 8.78 Å². The van der Waals surface area contributed by atoms with Crippen LogP contribution in [0.1, 0.15) is 24.0 Å². The molecule has 1 nitrogen and oxygen atoms in total. The van der Waals surface area contributed by atoms with Crippen molar-refractivity contribution in [2.75, 3.05) is 13.1 Å². The Balaban J connectivity index is 2.42. The molecule has 1 N–H and O–H groups in total. The number of halogens is 2. The number of rotatable bonds is 1. The van der Waals surface area contributed by atoms with Gasteiger partial charge in [0.1, 0.15) is 11.5 Å². The van der Waals surface area contributed by atoms with Gasteiger partial charge in [-0.05, 0) is 44.5 Å². The lowest BCUT2D eigenvalue weighted by Gasteiger charge is -2.31. The molecule has 15 heavy (non-hydrogen) atoms. The van der Waals surface area contributed by atoms with Gasteiger partial charge < -0.3 is 5.32 Å². The van der Waals surface area contributed by atoms with Crippen LogP contribution in [0.25, 0.3) is 0 Å². The number of alkyl halides is 1. The zero-order valence-electron chi connectivity index (χ0n) is 8.82. The van der Waals surface area contributed by atoms with E-state index in [1.807, 2.05) is 0 Å². The third kappa shape index (κ3) is 1.88. The van der Waals surface area contributed by atoms with Gasteiger partial charge in [-0.1, -0.05) is 12.1 Å². The molecule has 0 saturated carbocycles. The van der Waals surface area contributed by atoms with Crippen LogP contribution in [0.3, 0.4) is 0 Å². The summed E-state index contributed by atoms with van der Waals surface area (Å²) < 4.78 is 28.2. The summed E-state index contributed by atoms with van der Waals surface area (Å²) in [5.41, 5.74) is -0.522. The largest absolute Gasteiger partial charge is 0.316 e. The topological polar surface area (TPSA) is 12.0 Å². The summed E-state index contributed by atoms with van der Waals surface area (Å²) in [6.07, 6.45) is 0.712. The van der Waals surface area contributed by atoms with Gasteiger partial charge >= 0.3 is 0 Å². The van der Waals surface area contributed by atoms with Crippen LogP contribution in [-0.4, -0.2) is 13.1 Å². The maximum Gasteiger partial charge on any atom is 0.141 e. The van der Waals surface area contributed by atoms with Gasteiger partial charge in [0.25, 0.3) is 0 Å². The first-order valence-electron chi connectivity index (χ1n) is 5.29. The van der Waals surface area contributed by atoms with Crippen molar-refractivity contribution in [2.45, 2.75) is 25.4 Å². The Hall–Kier alpha value is -0.960. The lowest BCUT2D eigenvalue weighted by molar-refractivity contribution is 0.109. The second-order valence-electron chi connectivity index (χ2n) is 4.15. The summed E-state index contributed by atoms with van der Waals surface area (Å²) >= 11 is 0. The molecule has 1 aliphatic rings. The van der Waals surface area contributed by atoms with Crippen molar-refractivity contribution in [1.29, 1.82) is 0 Å². The lowest BCUT2D eigenvalue weighted by atomic mass is 9.84. The number of hydrogen-bond donors (Lipinski definition) is 1. The maximum absolute atomic E-state index is 14.5. The van der Waals surface area contributed by atoms with E-state index in [9.17, 15) is 8.78 Å². The SMILES string of the molecule is Cc1cccc(F)c1C1(F)CCNCC1. The van der Waals surface area contributed by atoms with Gasteiger partial charge in [0.2, 0.25) is 0 Å². The normalized spacial score (nSPS) is 20.2. The molecule has 3 heteroatoms. The predicted octanol–water partition coefficient (Wildman–Crippen LogP) is 2.68. The molecule has 1 saturated heterocycles. The number of nitrogens with one attached hydrogen (secondary N) is 1. The fourth-order valence-corrected chi connectivity index (χ4v) is 2.27. The minimum absolute atomic E-state index is 0.256. The Morgan fingerprint density at radius 1 is 1.27 bits per heavy atom. The van der Waals surface area contributed by atoms with Crippen LogP contribution in [0.2, 0.25) is 0 Å². The van der Waals surface area contributed by atoms with E-state index in [2.05, 4.69) is 5.32 Å². The quantitative estimate of drug-likeness (QED) is 0.753. The summed E-state index contributed by atoms with van der Waals surface area (Å²) in [5.74, 6) is -0.417. The smallest absolute Gasteiger partial charge is 0.141 e. The van der Waals surface area contributed by atoms with Gasteiger partial charge in [0.05, 0.1) is 0 Å². The van der Waals surface area contributed by atoms with E-state index in [1.165, 1.54) is 6.07 Å². The molecule has 0 atom stereocenters. The van der Waals surface area contributed by atoms with Crippen molar-refractivity contribution in [3.8, 4) is 0 Å². The van der Waals surface area contributed by atoms with Gasteiger partial charge in [0, 0.05) is 5.56 Å². The molecule has 1 aromatic rings. The zero-order valence-corrected chi connectivity index (χ0v) is 8.82. The number of benzene rings is 1. The Morgan fingerprint density at radius 2 is 1.93 bits per heavy atom. The summed E-state index contributed by atoms with van der Waals surface area (Å²) in [5, 5.41) is 3.09. The average Bonchev–Trinajstić information content (AvgIpc) is 2.18. The van der Waals surface area contributed by atoms with Crippen LogP contribution in [-0.2, 0) is 5.67 Å². The first kappa shape index (κ1) is 10.6. The highest BCUT2D eigenvalue weighted by molar-refractivity contribution is 5.33. The van der Waals surface area contributed by atoms with Crippen molar-refractivity contribution >= 4 is 0 Å². The van der Waals surface area contributed by atoms with E-state index in [0.29, 0.717) is 31.5 Å². The van der Waals surface area contributed by atoms with Crippen LogP contribution >= 0.6 is 0 Å². The van der Waals surface area contributed by atoms with Crippen molar-refractivity contribution in [2.24, 2.45) is 0 Å². The van der Waals surface area contributed by atoms with Gasteiger partial charge in [-0.15, -0.1) is 0 Å². The minimum Gasteiger partial charge on any atom is -0.316 e. The van der Waals surface area contributed by atoms with E-state index < -0.39 is 11.5 Å². The monoisotopic (exact) mass is 211 g/mol. The van der Waals surface area contributed by atoms with E-state index in [-0.39, 0.29) is 5.56 Å². The molecule has 0 unspecified atom stereocenters. The number of piperidine rings is 1. The van der Waals surface area contributed by atoms with Crippen LogP contribution < -0.4 is 5.32 Å². The standard InChI is InChI=1S/C12H15F2N/c1-9-3-2-4-10(13)11(9)12(14)5-7-15-8-6-12/h2-4,15H,5-8H2,1H3.